The number of hydrogen-bond donors (Lipinski definition) is 1. The minimum atomic E-state index is -0.446. The lowest BCUT2D eigenvalue weighted by atomic mass is 10.0. The van der Waals surface area contributed by atoms with E-state index in [0.717, 1.165) is 21.7 Å². The van der Waals surface area contributed by atoms with Crippen molar-refractivity contribution in [2.24, 2.45) is 0 Å². The Hall–Kier alpha value is -3.31. The number of nitrogens with zero attached hydrogens (tertiary/aromatic N) is 1. The van der Waals surface area contributed by atoms with Crippen molar-refractivity contribution in [3.8, 4) is 21.7 Å². The van der Waals surface area contributed by atoms with Crippen LogP contribution in [0, 0.1) is 26.6 Å². The quantitative estimate of drug-likeness (QED) is 0.398. The molecule has 3 nitrogen and oxygen atoms in total. The molecule has 1 heterocycles. The Morgan fingerprint density at radius 1 is 0.900 bits per heavy atom. The van der Waals surface area contributed by atoms with Crippen LogP contribution in [0.4, 0.5) is 9.52 Å². The Morgan fingerprint density at radius 2 is 1.63 bits per heavy atom. The van der Waals surface area contributed by atoms with Crippen LogP contribution in [0.2, 0.25) is 0 Å². The van der Waals surface area contributed by atoms with E-state index in [0.29, 0.717) is 5.13 Å². The maximum Gasteiger partial charge on any atom is 0.257 e. The van der Waals surface area contributed by atoms with Crippen LogP contribution in [0.25, 0.3) is 21.7 Å². The number of amides is 1. The molecule has 0 atom stereocenters. The fraction of sp³-hybridized carbons (Fsp3) is 0.120. The second-order valence-electron chi connectivity index (χ2n) is 7.33. The summed E-state index contributed by atoms with van der Waals surface area (Å²) in [5.41, 5.74) is 6.69. The molecule has 5 heteroatoms. The van der Waals surface area contributed by atoms with Crippen LogP contribution in [0.5, 0.6) is 0 Å². The number of aromatic nitrogens is 1. The highest BCUT2D eigenvalue weighted by Gasteiger charge is 2.18. The van der Waals surface area contributed by atoms with E-state index in [-0.39, 0.29) is 11.5 Å². The summed E-state index contributed by atoms with van der Waals surface area (Å²) in [5.74, 6) is -0.830. The number of thiazole rings is 1. The molecule has 0 aliphatic carbocycles. The maximum absolute atomic E-state index is 13.5. The summed E-state index contributed by atoms with van der Waals surface area (Å²) >= 11 is 1.41. The Balaban J connectivity index is 1.76. The highest BCUT2D eigenvalue weighted by molar-refractivity contribution is 7.19. The number of benzene rings is 3. The molecule has 0 aliphatic heterocycles. The van der Waals surface area contributed by atoms with Gasteiger partial charge >= 0.3 is 0 Å². The predicted molar refractivity (Wildman–Crippen MR) is 122 cm³/mol. The Morgan fingerprint density at radius 3 is 2.33 bits per heavy atom. The summed E-state index contributed by atoms with van der Waals surface area (Å²) in [6, 6.07) is 20.1. The van der Waals surface area contributed by atoms with Gasteiger partial charge in [0.15, 0.2) is 5.13 Å². The standard InChI is InChI=1S/C25H21FN2OS/c1-15-7-10-18(11-8-15)23-22(19-12-9-16(2)17(3)13-19)27-25(30-23)28-24(29)20-5-4-6-21(26)14-20/h4-14H,1-3H3,(H,27,28,29). The number of halogens is 1. The lowest BCUT2D eigenvalue weighted by Crippen LogP contribution is -2.11. The molecule has 1 amide bonds. The van der Waals surface area contributed by atoms with Crippen LogP contribution in [0.15, 0.2) is 66.7 Å². The summed E-state index contributed by atoms with van der Waals surface area (Å²) in [4.78, 5) is 18.3. The van der Waals surface area contributed by atoms with Crippen molar-refractivity contribution >= 4 is 22.4 Å². The molecule has 0 saturated carbocycles. The van der Waals surface area contributed by atoms with Gasteiger partial charge in [-0.1, -0.05) is 59.4 Å². The Kier molecular flexibility index (Phi) is 5.46. The van der Waals surface area contributed by atoms with Gasteiger partial charge in [-0.05, 0) is 61.7 Å². The zero-order chi connectivity index (χ0) is 21.3. The number of nitrogens with one attached hydrogen (secondary N) is 1. The molecular formula is C25H21FN2OS. The first-order chi connectivity index (χ1) is 14.4. The van der Waals surface area contributed by atoms with Gasteiger partial charge in [0.25, 0.3) is 5.91 Å². The molecule has 0 unspecified atom stereocenters. The van der Waals surface area contributed by atoms with Crippen molar-refractivity contribution in [3.05, 3.63) is 94.8 Å². The lowest BCUT2D eigenvalue weighted by Gasteiger charge is -2.06. The second-order valence-corrected chi connectivity index (χ2v) is 8.33. The molecule has 30 heavy (non-hydrogen) atoms. The maximum atomic E-state index is 13.5. The number of anilines is 1. The third kappa shape index (κ3) is 4.16. The third-order valence-corrected chi connectivity index (χ3v) is 6.05. The molecule has 0 bridgehead atoms. The van der Waals surface area contributed by atoms with E-state index in [4.69, 9.17) is 4.98 Å². The summed E-state index contributed by atoms with van der Waals surface area (Å²) in [5, 5.41) is 3.30. The van der Waals surface area contributed by atoms with Crippen LogP contribution in [0.3, 0.4) is 0 Å². The number of carbonyl (C=O) groups is 1. The second kappa shape index (κ2) is 8.20. The van der Waals surface area contributed by atoms with Crippen molar-refractivity contribution in [3.63, 3.8) is 0 Å². The number of carbonyl (C=O) groups excluding carboxylic acids is 1. The Bertz CT molecular complexity index is 1230. The number of hydrogen-bond acceptors (Lipinski definition) is 3. The largest absolute Gasteiger partial charge is 0.298 e. The first-order valence-corrected chi connectivity index (χ1v) is 10.4. The molecule has 150 valence electrons. The van der Waals surface area contributed by atoms with Gasteiger partial charge in [0, 0.05) is 11.1 Å². The minimum Gasteiger partial charge on any atom is -0.298 e. The molecule has 0 aliphatic rings. The minimum absolute atomic E-state index is 0.259. The fourth-order valence-corrected chi connectivity index (χ4v) is 4.15. The van der Waals surface area contributed by atoms with Crippen LogP contribution >= 0.6 is 11.3 Å². The van der Waals surface area contributed by atoms with E-state index < -0.39 is 5.82 Å². The SMILES string of the molecule is Cc1ccc(-c2sc(NC(=O)c3cccc(F)c3)nc2-c2ccc(C)c(C)c2)cc1. The molecule has 0 radical (unpaired) electrons. The summed E-state index contributed by atoms with van der Waals surface area (Å²) in [6.45, 7) is 6.19. The van der Waals surface area contributed by atoms with Crippen molar-refractivity contribution in [2.75, 3.05) is 5.32 Å². The van der Waals surface area contributed by atoms with E-state index >= 15 is 0 Å². The van der Waals surface area contributed by atoms with Crippen molar-refractivity contribution < 1.29 is 9.18 Å². The molecule has 0 fully saturated rings. The normalized spacial score (nSPS) is 10.8. The zero-order valence-electron chi connectivity index (χ0n) is 17.0. The van der Waals surface area contributed by atoms with Gasteiger partial charge in [-0.2, -0.15) is 0 Å². The summed E-state index contributed by atoms with van der Waals surface area (Å²) < 4.78 is 13.5. The summed E-state index contributed by atoms with van der Waals surface area (Å²) in [7, 11) is 0. The van der Waals surface area contributed by atoms with Gasteiger partial charge in [-0.3, -0.25) is 10.1 Å². The van der Waals surface area contributed by atoms with Crippen LogP contribution in [-0.2, 0) is 0 Å². The topological polar surface area (TPSA) is 42.0 Å². The van der Waals surface area contributed by atoms with Crippen LogP contribution in [-0.4, -0.2) is 10.9 Å². The third-order valence-electron chi connectivity index (χ3n) is 5.03. The van der Waals surface area contributed by atoms with Gasteiger partial charge < -0.3 is 0 Å². The van der Waals surface area contributed by atoms with E-state index in [1.807, 2.05) is 13.0 Å². The van der Waals surface area contributed by atoms with Gasteiger partial charge in [-0.25, -0.2) is 9.37 Å². The van der Waals surface area contributed by atoms with E-state index in [1.54, 1.807) is 6.07 Å². The van der Waals surface area contributed by atoms with E-state index in [9.17, 15) is 9.18 Å². The smallest absolute Gasteiger partial charge is 0.257 e. The first-order valence-electron chi connectivity index (χ1n) is 9.63. The lowest BCUT2D eigenvalue weighted by molar-refractivity contribution is 0.102. The first kappa shape index (κ1) is 20.0. The fourth-order valence-electron chi connectivity index (χ4n) is 3.16. The molecule has 0 saturated heterocycles. The average molecular weight is 417 g/mol. The molecule has 1 aromatic heterocycles. The average Bonchev–Trinajstić information content (AvgIpc) is 3.14. The number of rotatable bonds is 4. The zero-order valence-corrected chi connectivity index (χ0v) is 17.8. The number of aryl methyl sites for hydroxylation is 3. The van der Waals surface area contributed by atoms with E-state index in [2.05, 4.69) is 55.6 Å². The molecule has 1 N–H and O–H groups in total. The highest BCUT2D eigenvalue weighted by atomic mass is 32.1. The monoisotopic (exact) mass is 416 g/mol. The molecule has 4 aromatic rings. The van der Waals surface area contributed by atoms with Gasteiger partial charge in [-0.15, -0.1) is 0 Å². The highest BCUT2D eigenvalue weighted by Crippen LogP contribution is 2.39. The van der Waals surface area contributed by atoms with Crippen LogP contribution < -0.4 is 5.32 Å². The van der Waals surface area contributed by atoms with Crippen molar-refractivity contribution in [2.45, 2.75) is 20.8 Å². The van der Waals surface area contributed by atoms with Crippen LogP contribution in [0.1, 0.15) is 27.0 Å². The summed E-state index contributed by atoms with van der Waals surface area (Å²) in [6.07, 6.45) is 0. The van der Waals surface area contributed by atoms with Gasteiger partial charge in [0.2, 0.25) is 0 Å². The molecule has 3 aromatic carbocycles. The molecular weight excluding hydrogens is 395 g/mol. The Labute approximate surface area is 179 Å². The molecule has 0 spiro atoms. The van der Waals surface area contributed by atoms with E-state index in [1.165, 1.54) is 46.2 Å². The van der Waals surface area contributed by atoms with Crippen molar-refractivity contribution in [1.29, 1.82) is 0 Å². The van der Waals surface area contributed by atoms with Gasteiger partial charge in [0.1, 0.15) is 5.82 Å². The van der Waals surface area contributed by atoms with Gasteiger partial charge in [0.05, 0.1) is 10.6 Å². The predicted octanol–water partition coefficient (Wildman–Crippen LogP) is 6.79. The molecule has 4 rings (SSSR count). The van der Waals surface area contributed by atoms with Crippen molar-refractivity contribution in [1.82, 2.24) is 4.98 Å².